The fourth-order valence-electron chi connectivity index (χ4n) is 1.69. The fraction of sp³-hybridized carbons (Fsp3) is 0.545. The summed E-state index contributed by atoms with van der Waals surface area (Å²) in [7, 11) is -2.75. The average molecular weight is 272 g/mol. The Morgan fingerprint density at radius 1 is 1.29 bits per heavy atom. The SMILES string of the molecule is O=S1(=O)CCN(CCSc2ccccn2)CC1. The Balaban J connectivity index is 1.70. The summed E-state index contributed by atoms with van der Waals surface area (Å²) in [6, 6.07) is 5.87. The Morgan fingerprint density at radius 3 is 2.71 bits per heavy atom. The Kier molecular flexibility index (Phi) is 4.42. The van der Waals surface area contributed by atoms with Gasteiger partial charge in [0.1, 0.15) is 0 Å². The second-order valence-electron chi connectivity index (χ2n) is 4.01. The highest BCUT2D eigenvalue weighted by molar-refractivity contribution is 7.99. The zero-order valence-corrected chi connectivity index (χ0v) is 11.2. The van der Waals surface area contributed by atoms with Crippen molar-refractivity contribution in [3.8, 4) is 0 Å². The van der Waals surface area contributed by atoms with Crippen LogP contribution in [0.15, 0.2) is 29.4 Å². The van der Waals surface area contributed by atoms with Crippen molar-refractivity contribution in [3.63, 3.8) is 0 Å². The second-order valence-corrected chi connectivity index (χ2v) is 7.43. The molecular weight excluding hydrogens is 256 g/mol. The van der Waals surface area contributed by atoms with Crippen LogP contribution in [-0.2, 0) is 9.84 Å². The van der Waals surface area contributed by atoms with Gasteiger partial charge < -0.3 is 4.90 Å². The van der Waals surface area contributed by atoms with E-state index >= 15 is 0 Å². The standard InChI is InChI=1S/C11H16N2O2S2/c14-17(15)9-6-13(7-10-17)5-8-16-11-3-1-2-4-12-11/h1-4H,5-10H2. The molecule has 0 aromatic carbocycles. The van der Waals surface area contributed by atoms with E-state index < -0.39 is 9.84 Å². The largest absolute Gasteiger partial charge is 0.300 e. The lowest BCUT2D eigenvalue weighted by atomic mass is 10.5. The molecule has 0 N–H and O–H groups in total. The van der Waals surface area contributed by atoms with E-state index in [9.17, 15) is 8.42 Å². The summed E-state index contributed by atoms with van der Waals surface area (Å²) >= 11 is 1.71. The van der Waals surface area contributed by atoms with E-state index in [1.807, 2.05) is 18.2 Å². The maximum atomic E-state index is 11.2. The molecule has 0 bridgehead atoms. The van der Waals surface area contributed by atoms with Crippen molar-refractivity contribution >= 4 is 21.6 Å². The van der Waals surface area contributed by atoms with Crippen molar-refractivity contribution in [2.75, 3.05) is 36.9 Å². The lowest BCUT2D eigenvalue weighted by molar-refractivity contribution is 0.314. The first-order valence-electron chi connectivity index (χ1n) is 5.62. The van der Waals surface area contributed by atoms with Gasteiger partial charge in [-0.25, -0.2) is 13.4 Å². The molecule has 0 unspecified atom stereocenters. The van der Waals surface area contributed by atoms with E-state index in [4.69, 9.17) is 0 Å². The predicted octanol–water partition coefficient (Wildman–Crippen LogP) is 0.904. The van der Waals surface area contributed by atoms with Crippen LogP contribution in [0.3, 0.4) is 0 Å². The van der Waals surface area contributed by atoms with Crippen molar-refractivity contribution < 1.29 is 8.42 Å². The molecule has 17 heavy (non-hydrogen) atoms. The fourth-order valence-corrected chi connectivity index (χ4v) is 3.83. The van der Waals surface area contributed by atoms with Crippen LogP contribution in [0.2, 0.25) is 0 Å². The highest BCUT2D eigenvalue weighted by atomic mass is 32.2. The molecule has 2 rings (SSSR count). The second kappa shape index (κ2) is 5.84. The maximum Gasteiger partial charge on any atom is 0.152 e. The quantitative estimate of drug-likeness (QED) is 0.762. The first-order valence-corrected chi connectivity index (χ1v) is 8.43. The molecule has 1 aromatic rings. The third-order valence-electron chi connectivity index (χ3n) is 2.73. The van der Waals surface area contributed by atoms with Crippen molar-refractivity contribution in [2.24, 2.45) is 0 Å². The summed E-state index contributed by atoms with van der Waals surface area (Å²) in [5.74, 6) is 1.57. The molecule has 1 aliphatic heterocycles. The van der Waals surface area contributed by atoms with Gasteiger partial charge in [-0.2, -0.15) is 0 Å². The molecule has 1 saturated heterocycles. The summed E-state index contributed by atoms with van der Waals surface area (Å²) in [6.45, 7) is 2.27. The molecule has 0 saturated carbocycles. The van der Waals surface area contributed by atoms with Crippen molar-refractivity contribution in [1.29, 1.82) is 0 Å². The monoisotopic (exact) mass is 272 g/mol. The lowest BCUT2D eigenvalue weighted by Crippen LogP contribution is -2.41. The van der Waals surface area contributed by atoms with Crippen LogP contribution < -0.4 is 0 Å². The Morgan fingerprint density at radius 2 is 2.06 bits per heavy atom. The maximum absolute atomic E-state index is 11.2. The number of pyridine rings is 1. The molecule has 1 aliphatic rings. The van der Waals surface area contributed by atoms with Crippen LogP contribution in [0.4, 0.5) is 0 Å². The molecule has 2 heterocycles. The zero-order chi connectivity index (χ0) is 12.1. The van der Waals surface area contributed by atoms with Crippen LogP contribution in [-0.4, -0.2) is 55.2 Å². The number of rotatable bonds is 4. The third-order valence-corrected chi connectivity index (χ3v) is 5.27. The Labute approximate surface area is 106 Å². The van der Waals surface area contributed by atoms with Gasteiger partial charge in [0.25, 0.3) is 0 Å². The van der Waals surface area contributed by atoms with Gasteiger partial charge in [0.15, 0.2) is 9.84 Å². The number of aromatic nitrogens is 1. The number of sulfone groups is 1. The van der Waals surface area contributed by atoms with E-state index in [2.05, 4.69) is 9.88 Å². The van der Waals surface area contributed by atoms with E-state index in [-0.39, 0.29) is 0 Å². The first kappa shape index (κ1) is 12.9. The van der Waals surface area contributed by atoms with Gasteiger partial charge in [0.05, 0.1) is 16.5 Å². The molecular formula is C11H16N2O2S2. The third kappa shape index (κ3) is 4.29. The number of thioether (sulfide) groups is 1. The van der Waals surface area contributed by atoms with E-state index in [0.717, 1.165) is 17.3 Å². The highest BCUT2D eigenvalue weighted by Crippen LogP contribution is 2.14. The molecule has 0 aliphatic carbocycles. The minimum absolute atomic E-state index is 0.307. The molecule has 0 amide bonds. The molecule has 94 valence electrons. The van der Waals surface area contributed by atoms with Gasteiger partial charge in [0, 0.05) is 31.6 Å². The van der Waals surface area contributed by atoms with Crippen LogP contribution in [0, 0.1) is 0 Å². The zero-order valence-electron chi connectivity index (χ0n) is 9.58. The smallest absolute Gasteiger partial charge is 0.152 e. The lowest BCUT2D eigenvalue weighted by Gasteiger charge is -2.26. The van der Waals surface area contributed by atoms with Crippen molar-refractivity contribution in [3.05, 3.63) is 24.4 Å². The van der Waals surface area contributed by atoms with Crippen LogP contribution in [0.5, 0.6) is 0 Å². The van der Waals surface area contributed by atoms with Gasteiger partial charge in [-0.3, -0.25) is 0 Å². The summed E-state index contributed by atoms with van der Waals surface area (Å²) in [4.78, 5) is 6.44. The molecule has 0 radical (unpaired) electrons. The van der Waals surface area contributed by atoms with E-state index in [1.54, 1.807) is 18.0 Å². The van der Waals surface area contributed by atoms with Crippen LogP contribution in [0.1, 0.15) is 0 Å². The van der Waals surface area contributed by atoms with Gasteiger partial charge >= 0.3 is 0 Å². The van der Waals surface area contributed by atoms with Crippen LogP contribution >= 0.6 is 11.8 Å². The first-order chi connectivity index (χ1) is 8.16. The number of hydrogen-bond acceptors (Lipinski definition) is 5. The number of hydrogen-bond donors (Lipinski definition) is 0. The minimum atomic E-state index is -2.75. The highest BCUT2D eigenvalue weighted by Gasteiger charge is 2.20. The van der Waals surface area contributed by atoms with Gasteiger partial charge in [-0.1, -0.05) is 6.07 Å². The van der Waals surface area contributed by atoms with Gasteiger partial charge in [-0.15, -0.1) is 11.8 Å². The molecule has 0 atom stereocenters. The summed E-state index contributed by atoms with van der Waals surface area (Å²) in [5.41, 5.74) is 0. The Hall–Kier alpha value is -0.590. The molecule has 1 aromatic heterocycles. The number of nitrogens with zero attached hydrogens (tertiary/aromatic N) is 2. The minimum Gasteiger partial charge on any atom is -0.300 e. The summed E-state index contributed by atoms with van der Waals surface area (Å²) < 4.78 is 22.5. The van der Waals surface area contributed by atoms with Gasteiger partial charge in [-0.05, 0) is 12.1 Å². The molecule has 4 nitrogen and oxygen atoms in total. The predicted molar refractivity (Wildman–Crippen MR) is 70.1 cm³/mol. The molecule has 6 heteroatoms. The molecule has 0 spiro atoms. The van der Waals surface area contributed by atoms with Crippen LogP contribution in [0.25, 0.3) is 0 Å². The van der Waals surface area contributed by atoms with Crippen molar-refractivity contribution in [1.82, 2.24) is 9.88 Å². The average Bonchev–Trinajstić information content (AvgIpc) is 2.33. The Bertz CT molecular complexity index is 434. The van der Waals surface area contributed by atoms with Crippen molar-refractivity contribution in [2.45, 2.75) is 5.03 Å². The van der Waals surface area contributed by atoms with Gasteiger partial charge in [0.2, 0.25) is 0 Å². The summed E-state index contributed by atoms with van der Waals surface area (Å²) in [5, 5.41) is 1.03. The van der Waals surface area contributed by atoms with E-state index in [1.165, 1.54) is 0 Å². The topological polar surface area (TPSA) is 50.3 Å². The summed E-state index contributed by atoms with van der Waals surface area (Å²) in [6.07, 6.45) is 1.79. The molecule has 1 fully saturated rings. The van der Waals surface area contributed by atoms with E-state index in [0.29, 0.717) is 24.6 Å². The normalized spacial score (nSPS) is 20.2.